The number of aromatic nitrogens is 2. The van der Waals surface area contributed by atoms with Gasteiger partial charge in [0.05, 0.1) is 16.8 Å². The minimum atomic E-state index is -1.29. The summed E-state index contributed by atoms with van der Waals surface area (Å²) >= 11 is 0. The molecule has 0 spiro atoms. The van der Waals surface area contributed by atoms with Gasteiger partial charge in [0, 0.05) is 0 Å². The Morgan fingerprint density at radius 1 is 1.14 bits per heavy atom. The number of rotatable bonds is 2. The van der Waals surface area contributed by atoms with Gasteiger partial charge in [0.1, 0.15) is 17.2 Å². The van der Waals surface area contributed by atoms with Crippen LogP contribution in [0.3, 0.4) is 0 Å². The van der Waals surface area contributed by atoms with E-state index >= 15 is 0 Å². The number of aromatic amines is 1. The molecule has 0 aliphatic carbocycles. The third-order valence-electron chi connectivity index (χ3n) is 3.09. The number of fused-ring (bicyclic) bond motifs is 1. The summed E-state index contributed by atoms with van der Waals surface area (Å²) in [4.78, 5) is 25.1. The quantitative estimate of drug-likeness (QED) is 0.760. The lowest BCUT2D eigenvalue weighted by atomic mass is 10.2. The van der Waals surface area contributed by atoms with Gasteiger partial charge in [-0.05, 0) is 30.3 Å². The van der Waals surface area contributed by atoms with Crippen molar-refractivity contribution in [3.63, 3.8) is 0 Å². The zero-order valence-electron chi connectivity index (χ0n) is 10.4. The van der Waals surface area contributed by atoms with E-state index in [9.17, 15) is 18.4 Å². The molecule has 1 aromatic heterocycles. The van der Waals surface area contributed by atoms with Crippen molar-refractivity contribution < 1.29 is 18.7 Å². The van der Waals surface area contributed by atoms with Crippen molar-refractivity contribution in [2.24, 2.45) is 0 Å². The number of para-hydroxylation sites is 1. The zero-order valence-corrected chi connectivity index (χ0v) is 10.4. The van der Waals surface area contributed by atoms with Crippen LogP contribution in [0.4, 0.5) is 8.78 Å². The molecule has 0 aliphatic rings. The van der Waals surface area contributed by atoms with E-state index in [2.05, 4.69) is 4.98 Å². The van der Waals surface area contributed by atoms with E-state index < -0.39 is 23.3 Å². The fraction of sp³-hybridized carbons (Fsp3) is 0. The first-order valence-electron chi connectivity index (χ1n) is 5.91. The summed E-state index contributed by atoms with van der Waals surface area (Å²) in [5.41, 5.74) is -1.06. The first kappa shape index (κ1) is 13.0. The summed E-state index contributed by atoms with van der Waals surface area (Å²) in [6.45, 7) is 0. The van der Waals surface area contributed by atoms with Crippen LogP contribution in [-0.4, -0.2) is 20.6 Å². The highest BCUT2D eigenvalue weighted by Crippen LogP contribution is 2.21. The van der Waals surface area contributed by atoms with Gasteiger partial charge in [-0.15, -0.1) is 0 Å². The highest BCUT2D eigenvalue weighted by atomic mass is 19.1. The Kier molecular flexibility index (Phi) is 2.83. The molecule has 3 aromatic rings. The van der Waals surface area contributed by atoms with Crippen molar-refractivity contribution in [1.29, 1.82) is 0 Å². The van der Waals surface area contributed by atoms with Gasteiger partial charge in [0.2, 0.25) is 0 Å². The van der Waals surface area contributed by atoms with E-state index in [1.165, 1.54) is 12.1 Å². The number of carboxylic acids is 1. The number of hydrogen-bond acceptors (Lipinski definition) is 2. The van der Waals surface area contributed by atoms with Crippen LogP contribution in [0.25, 0.3) is 16.7 Å². The molecule has 5 nitrogen and oxygen atoms in total. The molecule has 0 aliphatic heterocycles. The number of hydrogen-bond donors (Lipinski definition) is 2. The van der Waals surface area contributed by atoms with Crippen molar-refractivity contribution in [3.8, 4) is 5.69 Å². The number of nitrogens with one attached hydrogen (secondary N) is 1. The summed E-state index contributed by atoms with van der Waals surface area (Å²) in [6, 6.07) is 7.11. The van der Waals surface area contributed by atoms with Gasteiger partial charge in [-0.2, -0.15) is 0 Å². The molecule has 1 heterocycles. The molecule has 0 unspecified atom stereocenters. The van der Waals surface area contributed by atoms with Crippen LogP contribution < -0.4 is 5.69 Å². The second-order valence-corrected chi connectivity index (χ2v) is 4.37. The minimum Gasteiger partial charge on any atom is -0.478 e. The molecule has 0 radical (unpaired) electrons. The molecule has 3 rings (SSSR count). The Labute approximate surface area is 116 Å². The highest BCUT2D eigenvalue weighted by molar-refractivity contribution is 5.88. The number of H-pyrrole nitrogens is 1. The maximum Gasteiger partial charge on any atom is 0.335 e. The van der Waals surface area contributed by atoms with Gasteiger partial charge in [-0.3, -0.25) is 4.57 Å². The standard InChI is InChI=1S/C14H8F2N2O3/c15-8-2-1-3-10-12(8)18(14(21)17-10)11-5-4-7(13(19)20)6-9(11)16/h1-6H,(H,17,21)(H,19,20). The van der Waals surface area contributed by atoms with E-state index in [-0.39, 0.29) is 22.3 Å². The topological polar surface area (TPSA) is 75.1 Å². The predicted octanol–water partition coefficient (Wildman–Crippen LogP) is 2.30. The van der Waals surface area contributed by atoms with Crippen LogP contribution in [0.1, 0.15) is 10.4 Å². The van der Waals surface area contributed by atoms with Crippen molar-refractivity contribution in [2.75, 3.05) is 0 Å². The monoisotopic (exact) mass is 290 g/mol. The van der Waals surface area contributed by atoms with Crippen LogP contribution in [0.2, 0.25) is 0 Å². The Hall–Kier alpha value is -2.96. The van der Waals surface area contributed by atoms with E-state index in [0.717, 1.165) is 28.8 Å². The molecule has 7 heteroatoms. The molecule has 0 bridgehead atoms. The van der Waals surface area contributed by atoms with Gasteiger partial charge in [0.25, 0.3) is 0 Å². The van der Waals surface area contributed by atoms with Crippen LogP contribution in [-0.2, 0) is 0 Å². The van der Waals surface area contributed by atoms with Gasteiger partial charge in [-0.1, -0.05) is 6.07 Å². The molecule has 0 fully saturated rings. The van der Waals surface area contributed by atoms with E-state index in [0.29, 0.717) is 0 Å². The normalized spacial score (nSPS) is 11.0. The maximum atomic E-state index is 14.1. The summed E-state index contributed by atoms with van der Waals surface area (Å²) in [6.07, 6.45) is 0. The molecule has 2 N–H and O–H groups in total. The van der Waals surface area contributed by atoms with Crippen molar-refractivity contribution in [3.05, 3.63) is 64.1 Å². The van der Waals surface area contributed by atoms with Gasteiger partial charge < -0.3 is 10.1 Å². The number of aromatic carboxylic acids is 1. The van der Waals surface area contributed by atoms with Crippen LogP contribution in [0, 0.1) is 11.6 Å². The number of halogens is 2. The lowest BCUT2D eigenvalue weighted by molar-refractivity contribution is 0.0696. The SMILES string of the molecule is O=C(O)c1ccc(-n2c(=O)[nH]c3cccc(F)c32)c(F)c1. The Balaban J connectivity index is 2.33. The van der Waals surface area contributed by atoms with E-state index in [4.69, 9.17) is 5.11 Å². The maximum absolute atomic E-state index is 14.1. The Morgan fingerprint density at radius 2 is 1.90 bits per heavy atom. The minimum absolute atomic E-state index is 0.0931. The van der Waals surface area contributed by atoms with Crippen LogP contribution in [0.5, 0.6) is 0 Å². The lowest BCUT2D eigenvalue weighted by Crippen LogP contribution is -2.16. The van der Waals surface area contributed by atoms with Crippen LogP contribution in [0.15, 0.2) is 41.2 Å². The molecule has 2 aromatic carbocycles. The molecule has 0 saturated heterocycles. The molecule has 106 valence electrons. The Morgan fingerprint density at radius 3 is 2.57 bits per heavy atom. The van der Waals surface area contributed by atoms with E-state index in [1.807, 2.05) is 0 Å². The van der Waals surface area contributed by atoms with E-state index in [1.54, 1.807) is 0 Å². The van der Waals surface area contributed by atoms with Gasteiger partial charge >= 0.3 is 11.7 Å². The summed E-state index contributed by atoms with van der Waals surface area (Å²) < 4.78 is 28.8. The largest absolute Gasteiger partial charge is 0.478 e. The molecule has 0 saturated carbocycles. The summed E-state index contributed by atoms with van der Waals surface area (Å²) in [5, 5.41) is 8.80. The highest BCUT2D eigenvalue weighted by Gasteiger charge is 2.17. The molecule has 21 heavy (non-hydrogen) atoms. The second-order valence-electron chi connectivity index (χ2n) is 4.37. The number of nitrogens with zero attached hydrogens (tertiary/aromatic N) is 1. The lowest BCUT2D eigenvalue weighted by Gasteiger charge is -2.06. The van der Waals surface area contributed by atoms with Crippen molar-refractivity contribution in [2.45, 2.75) is 0 Å². The first-order valence-corrected chi connectivity index (χ1v) is 5.91. The Bertz CT molecular complexity index is 928. The number of carboxylic acid groups (broad SMARTS) is 1. The fourth-order valence-electron chi connectivity index (χ4n) is 2.17. The smallest absolute Gasteiger partial charge is 0.335 e. The zero-order chi connectivity index (χ0) is 15.1. The molecular weight excluding hydrogens is 282 g/mol. The van der Waals surface area contributed by atoms with Crippen LogP contribution >= 0.6 is 0 Å². The van der Waals surface area contributed by atoms with Crippen molar-refractivity contribution in [1.82, 2.24) is 9.55 Å². The molecule has 0 amide bonds. The summed E-state index contributed by atoms with van der Waals surface area (Å²) in [5.74, 6) is -2.91. The summed E-state index contributed by atoms with van der Waals surface area (Å²) in [7, 11) is 0. The second kappa shape index (κ2) is 4.55. The number of carbonyl (C=O) groups is 1. The third kappa shape index (κ3) is 1.99. The first-order chi connectivity index (χ1) is 9.99. The van der Waals surface area contributed by atoms with Gasteiger partial charge in [0.15, 0.2) is 0 Å². The predicted molar refractivity (Wildman–Crippen MR) is 70.8 cm³/mol. The molecule has 0 atom stereocenters. The van der Waals surface area contributed by atoms with Crippen molar-refractivity contribution >= 4 is 17.0 Å². The van der Waals surface area contributed by atoms with Gasteiger partial charge in [-0.25, -0.2) is 18.4 Å². The average molecular weight is 290 g/mol. The average Bonchev–Trinajstić information content (AvgIpc) is 2.76. The fourth-order valence-corrected chi connectivity index (χ4v) is 2.17. The number of benzene rings is 2. The molecular formula is C14H8F2N2O3. The number of imidazole rings is 1. The third-order valence-corrected chi connectivity index (χ3v) is 3.09.